The number of furan rings is 1. The van der Waals surface area contributed by atoms with Crippen LogP contribution in [0.4, 0.5) is 11.4 Å². The maximum Gasteiger partial charge on any atom is 0.183 e. The Labute approximate surface area is 277 Å². The topological polar surface area (TPSA) is 16.4 Å². The normalized spacial score (nSPS) is 11.2. The van der Waals surface area contributed by atoms with Gasteiger partial charge >= 0.3 is 0 Å². The molecule has 2 nitrogen and oxygen atoms in total. The van der Waals surface area contributed by atoms with Gasteiger partial charge in [-0.1, -0.05) is 135 Å². The molecule has 0 amide bonds. The quantitative estimate of drug-likeness (QED) is 0.110. The lowest BCUT2D eigenvalue weighted by Gasteiger charge is -2.26. The predicted molar refractivity (Wildman–Crippen MR) is 203 cm³/mol. The molecule has 7 rings (SSSR count). The molecule has 0 spiro atoms. The van der Waals surface area contributed by atoms with E-state index < -0.39 is 0 Å². The lowest BCUT2D eigenvalue weighted by Crippen LogP contribution is -2.14. The van der Waals surface area contributed by atoms with Crippen molar-refractivity contribution in [1.82, 2.24) is 0 Å². The maximum atomic E-state index is 6.30. The molecule has 1 aromatic heterocycles. The molecule has 0 saturated carbocycles. The fourth-order valence-electron chi connectivity index (χ4n) is 5.84. The molecule has 0 bridgehead atoms. The first-order valence-corrected chi connectivity index (χ1v) is 15.9. The summed E-state index contributed by atoms with van der Waals surface area (Å²) >= 11 is 3.66. The van der Waals surface area contributed by atoms with Crippen LogP contribution in [-0.4, -0.2) is 6.56 Å². The average Bonchev–Trinajstić information content (AvgIpc) is 3.51. The number of anilines is 2. The van der Waals surface area contributed by atoms with Gasteiger partial charge in [0.05, 0.1) is 0 Å². The van der Waals surface area contributed by atoms with Crippen molar-refractivity contribution < 1.29 is 4.42 Å². The zero-order valence-electron chi connectivity index (χ0n) is 26.1. The zero-order chi connectivity index (χ0) is 31.9. The van der Waals surface area contributed by atoms with Crippen LogP contribution in [0.15, 0.2) is 174 Å². The molecule has 0 saturated heterocycles. The molecular formula is C42H35BNOS. The SMILES string of the molecule is C=C/C(=C\C)N(c1ccc(-c2ccc(-c3ccccc3)cc2)cc1)c1ccc(-c2cccc3c2oc2ccccc23)cc1.C[B]S. The molecule has 0 atom stereocenters. The third kappa shape index (κ3) is 6.31. The van der Waals surface area contributed by atoms with Crippen molar-refractivity contribution >= 4 is 52.4 Å². The molecule has 6 aromatic carbocycles. The van der Waals surface area contributed by atoms with Crippen LogP contribution >= 0.6 is 12.5 Å². The Bertz CT molecular complexity index is 2100. The minimum absolute atomic E-state index is 0.909. The van der Waals surface area contributed by atoms with Gasteiger partial charge in [0.2, 0.25) is 0 Å². The highest BCUT2D eigenvalue weighted by atomic mass is 32.1. The van der Waals surface area contributed by atoms with Crippen molar-refractivity contribution in [3.05, 3.63) is 170 Å². The summed E-state index contributed by atoms with van der Waals surface area (Å²) in [5.41, 5.74) is 12.0. The molecule has 4 heteroatoms. The van der Waals surface area contributed by atoms with Crippen LogP contribution in [-0.2, 0) is 0 Å². The number of fused-ring (bicyclic) bond motifs is 3. The highest BCUT2D eigenvalue weighted by molar-refractivity contribution is 8.06. The minimum Gasteiger partial charge on any atom is -0.455 e. The highest BCUT2D eigenvalue weighted by Gasteiger charge is 2.15. The molecule has 46 heavy (non-hydrogen) atoms. The van der Waals surface area contributed by atoms with E-state index in [0.717, 1.165) is 50.1 Å². The van der Waals surface area contributed by atoms with E-state index >= 15 is 0 Å². The summed E-state index contributed by atoms with van der Waals surface area (Å²) in [7, 11) is 0. The number of rotatable bonds is 7. The lowest BCUT2D eigenvalue weighted by molar-refractivity contribution is 0.670. The van der Waals surface area contributed by atoms with E-state index in [4.69, 9.17) is 4.42 Å². The summed E-state index contributed by atoms with van der Waals surface area (Å²) in [6, 6.07) is 51.2. The van der Waals surface area contributed by atoms with Crippen molar-refractivity contribution in [3.63, 3.8) is 0 Å². The predicted octanol–water partition coefficient (Wildman–Crippen LogP) is 12.4. The van der Waals surface area contributed by atoms with E-state index in [0.29, 0.717) is 0 Å². The average molecular weight is 613 g/mol. The highest BCUT2D eigenvalue weighted by Crippen LogP contribution is 2.38. The van der Waals surface area contributed by atoms with Gasteiger partial charge in [0.25, 0.3) is 0 Å². The van der Waals surface area contributed by atoms with Crippen molar-refractivity contribution in [2.45, 2.75) is 13.7 Å². The number of para-hydroxylation sites is 2. The fourth-order valence-corrected chi connectivity index (χ4v) is 5.84. The van der Waals surface area contributed by atoms with Crippen LogP contribution in [0.25, 0.3) is 55.3 Å². The van der Waals surface area contributed by atoms with E-state index in [2.05, 4.69) is 157 Å². The van der Waals surface area contributed by atoms with Crippen LogP contribution in [0.5, 0.6) is 0 Å². The molecule has 223 valence electrons. The van der Waals surface area contributed by atoms with E-state index in [1.165, 1.54) is 22.3 Å². The Morgan fingerprint density at radius 3 is 1.65 bits per heavy atom. The van der Waals surface area contributed by atoms with E-state index in [1.807, 2.05) is 38.0 Å². The number of hydrogen-bond donors (Lipinski definition) is 1. The molecule has 0 aliphatic heterocycles. The lowest BCUT2D eigenvalue weighted by atomic mass is 10.00. The van der Waals surface area contributed by atoms with Gasteiger partial charge in [-0.2, -0.15) is 0 Å². The third-order valence-electron chi connectivity index (χ3n) is 8.05. The largest absolute Gasteiger partial charge is 0.455 e. The summed E-state index contributed by atoms with van der Waals surface area (Å²) in [5.74, 6) is 0. The standard InChI is InChI=1S/C41H31NO.CH4BS/c1-3-34(4-2)42(35-25-21-32(22-26-35)31-19-17-30(18-20-31)29-11-6-5-7-12-29)36-27-23-33(24-28-36)37-14-10-15-39-38-13-8-9-16-40(38)43-41(37)39;1-2-3/h3-28H,1H2,2H3;3H,1H3/b34-4+;. The number of hydrogen-bond acceptors (Lipinski definition) is 3. The second-order valence-electron chi connectivity index (χ2n) is 10.8. The van der Waals surface area contributed by atoms with Gasteiger partial charge in [0.1, 0.15) is 11.2 Å². The van der Waals surface area contributed by atoms with Gasteiger partial charge in [0.15, 0.2) is 6.56 Å². The first kappa shape index (κ1) is 30.8. The number of allylic oxidation sites excluding steroid dienone is 2. The Kier molecular flexibility index (Phi) is 9.57. The second-order valence-corrected chi connectivity index (χ2v) is 11.3. The van der Waals surface area contributed by atoms with Gasteiger partial charge in [0, 0.05) is 33.4 Å². The van der Waals surface area contributed by atoms with Crippen LogP contribution < -0.4 is 4.90 Å². The Hall–Kier alpha value is -5.19. The molecule has 0 aliphatic rings. The summed E-state index contributed by atoms with van der Waals surface area (Å²) in [6.45, 7) is 9.70. The maximum absolute atomic E-state index is 6.30. The molecule has 0 N–H and O–H groups in total. The van der Waals surface area contributed by atoms with Crippen LogP contribution in [0.1, 0.15) is 6.92 Å². The van der Waals surface area contributed by atoms with Gasteiger partial charge in [-0.05, 0) is 71.1 Å². The van der Waals surface area contributed by atoms with Crippen LogP contribution in [0.2, 0.25) is 6.82 Å². The Balaban J connectivity index is 0.00000119. The van der Waals surface area contributed by atoms with Crippen LogP contribution in [0, 0.1) is 0 Å². The zero-order valence-corrected chi connectivity index (χ0v) is 27.0. The van der Waals surface area contributed by atoms with E-state index in [1.54, 1.807) is 6.56 Å². The summed E-state index contributed by atoms with van der Waals surface area (Å²) in [4.78, 5) is 2.24. The summed E-state index contributed by atoms with van der Waals surface area (Å²) in [5, 5.41) is 2.28. The number of thiol groups is 1. The molecule has 1 radical (unpaired) electrons. The summed E-state index contributed by atoms with van der Waals surface area (Å²) in [6.07, 6.45) is 3.99. The number of benzene rings is 6. The van der Waals surface area contributed by atoms with E-state index in [9.17, 15) is 0 Å². The molecule has 7 aromatic rings. The first-order chi connectivity index (χ1) is 22.6. The molecule has 1 heterocycles. The van der Waals surface area contributed by atoms with Crippen molar-refractivity contribution in [2.75, 3.05) is 4.90 Å². The van der Waals surface area contributed by atoms with Gasteiger partial charge in [-0.3, -0.25) is 0 Å². The van der Waals surface area contributed by atoms with E-state index in [-0.39, 0.29) is 0 Å². The Morgan fingerprint density at radius 1 is 0.609 bits per heavy atom. The smallest absolute Gasteiger partial charge is 0.183 e. The van der Waals surface area contributed by atoms with Gasteiger partial charge in [-0.15, -0.1) is 0 Å². The van der Waals surface area contributed by atoms with Crippen LogP contribution in [0.3, 0.4) is 0 Å². The molecule has 0 fully saturated rings. The molecule has 0 aliphatic carbocycles. The minimum atomic E-state index is 0.909. The van der Waals surface area contributed by atoms with Gasteiger partial charge in [-0.25, -0.2) is 12.5 Å². The van der Waals surface area contributed by atoms with Gasteiger partial charge < -0.3 is 9.32 Å². The number of nitrogens with zero attached hydrogens (tertiary/aromatic N) is 1. The Morgan fingerprint density at radius 2 is 1.09 bits per heavy atom. The first-order valence-electron chi connectivity index (χ1n) is 15.4. The monoisotopic (exact) mass is 612 g/mol. The fraction of sp³-hybridized carbons (Fsp3) is 0.0476. The third-order valence-corrected chi connectivity index (χ3v) is 8.05. The van der Waals surface area contributed by atoms with Crippen molar-refractivity contribution in [1.29, 1.82) is 0 Å². The van der Waals surface area contributed by atoms with Crippen molar-refractivity contribution in [2.24, 2.45) is 0 Å². The molecule has 0 unspecified atom stereocenters. The second kappa shape index (κ2) is 14.3. The molecular weight excluding hydrogens is 577 g/mol. The summed E-state index contributed by atoms with van der Waals surface area (Å²) < 4.78 is 6.30. The van der Waals surface area contributed by atoms with Crippen molar-refractivity contribution in [3.8, 4) is 33.4 Å².